The van der Waals surface area contributed by atoms with Crippen molar-refractivity contribution in [2.24, 2.45) is 0 Å². The number of aryl methyl sites for hydroxylation is 1. The Labute approximate surface area is 130 Å². The molecule has 0 amide bonds. The molecule has 0 atom stereocenters. The van der Waals surface area contributed by atoms with Crippen LogP contribution in [0.1, 0.15) is 5.56 Å². The van der Waals surface area contributed by atoms with Gasteiger partial charge in [0.15, 0.2) is 5.75 Å². The Balaban J connectivity index is 1.91. The van der Waals surface area contributed by atoms with E-state index in [9.17, 15) is 10.1 Å². The molecule has 2 rings (SSSR count). The smallest absolute Gasteiger partial charge is 0.310 e. The molecule has 0 heterocycles. The second kappa shape index (κ2) is 7.08. The molecule has 0 aromatic heterocycles. The van der Waals surface area contributed by atoms with Crippen LogP contribution in [0.3, 0.4) is 0 Å². The highest BCUT2D eigenvalue weighted by molar-refractivity contribution is 9.10. The number of halogens is 1. The standard InChI is InChI=1S/C15H14BrNO4/c1-11-5-6-14(17(18)19)15(9-11)21-8-7-20-13-4-2-3-12(16)10-13/h2-6,9-10H,7-8H2,1H3. The van der Waals surface area contributed by atoms with E-state index in [2.05, 4.69) is 15.9 Å². The van der Waals surface area contributed by atoms with Crippen molar-refractivity contribution in [3.05, 3.63) is 62.6 Å². The molecular formula is C15H14BrNO4. The average Bonchev–Trinajstić information content (AvgIpc) is 2.43. The summed E-state index contributed by atoms with van der Waals surface area (Å²) in [4.78, 5) is 10.5. The molecule has 0 unspecified atom stereocenters. The van der Waals surface area contributed by atoms with Gasteiger partial charge in [0.1, 0.15) is 19.0 Å². The number of nitro benzene ring substituents is 1. The minimum Gasteiger partial charge on any atom is -0.490 e. The molecule has 110 valence electrons. The number of benzene rings is 2. The quantitative estimate of drug-likeness (QED) is 0.446. The number of ether oxygens (including phenoxy) is 2. The third-order valence-corrected chi connectivity index (χ3v) is 3.21. The molecule has 0 spiro atoms. The second-order valence-corrected chi connectivity index (χ2v) is 5.30. The predicted molar refractivity (Wildman–Crippen MR) is 83.0 cm³/mol. The molecule has 5 nitrogen and oxygen atoms in total. The average molecular weight is 352 g/mol. The van der Waals surface area contributed by atoms with Gasteiger partial charge in [-0.2, -0.15) is 0 Å². The van der Waals surface area contributed by atoms with E-state index in [1.807, 2.05) is 31.2 Å². The minimum absolute atomic E-state index is 0.0388. The Morgan fingerprint density at radius 1 is 1.14 bits per heavy atom. The molecular weight excluding hydrogens is 338 g/mol. The van der Waals surface area contributed by atoms with Crippen LogP contribution in [0.4, 0.5) is 5.69 Å². The topological polar surface area (TPSA) is 61.6 Å². The van der Waals surface area contributed by atoms with Crippen molar-refractivity contribution in [1.29, 1.82) is 0 Å². The first-order valence-corrected chi connectivity index (χ1v) is 7.12. The maximum absolute atomic E-state index is 10.9. The fraction of sp³-hybridized carbons (Fsp3) is 0.200. The fourth-order valence-electron chi connectivity index (χ4n) is 1.76. The number of hydrogen-bond donors (Lipinski definition) is 0. The van der Waals surface area contributed by atoms with E-state index in [0.717, 1.165) is 10.0 Å². The van der Waals surface area contributed by atoms with Crippen molar-refractivity contribution in [2.45, 2.75) is 6.92 Å². The normalized spacial score (nSPS) is 10.2. The maximum atomic E-state index is 10.9. The zero-order valence-corrected chi connectivity index (χ0v) is 13.0. The van der Waals surface area contributed by atoms with E-state index < -0.39 is 4.92 Å². The van der Waals surface area contributed by atoms with Crippen molar-refractivity contribution in [3.8, 4) is 11.5 Å². The summed E-state index contributed by atoms with van der Waals surface area (Å²) in [5, 5.41) is 10.9. The zero-order valence-electron chi connectivity index (χ0n) is 11.4. The van der Waals surface area contributed by atoms with E-state index in [1.54, 1.807) is 12.1 Å². The molecule has 0 bridgehead atoms. The minimum atomic E-state index is -0.454. The molecule has 21 heavy (non-hydrogen) atoms. The van der Waals surface area contributed by atoms with Crippen molar-refractivity contribution < 1.29 is 14.4 Å². The SMILES string of the molecule is Cc1ccc([N+](=O)[O-])c(OCCOc2cccc(Br)c2)c1. The van der Waals surface area contributed by atoms with Crippen LogP contribution < -0.4 is 9.47 Å². The Hall–Kier alpha value is -2.08. The lowest BCUT2D eigenvalue weighted by atomic mass is 10.2. The number of nitrogens with zero attached hydrogens (tertiary/aromatic N) is 1. The van der Waals surface area contributed by atoms with Gasteiger partial charge in [0.2, 0.25) is 0 Å². The fourth-order valence-corrected chi connectivity index (χ4v) is 2.13. The third-order valence-electron chi connectivity index (χ3n) is 2.72. The van der Waals surface area contributed by atoms with Crippen molar-refractivity contribution in [2.75, 3.05) is 13.2 Å². The molecule has 0 N–H and O–H groups in total. The Kier molecular flexibility index (Phi) is 5.16. The largest absolute Gasteiger partial charge is 0.490 e. The molecule has 2 aromatic carbocycles. The summed E-state index contributed by atoms with van der Waals surface area (Å²) >= 11 is 3.36. The van der Waals surface area contributed by atoms with Gasteiger partial charge in [0.05, 0.1) is 4.92 Å². The number of rotatable bonds is 6. The van der Waals surface area contributed by atoms with Gasteiger partial charge in [-0.25, -0.2) is 0 Å². The van der Waals surface area contributed by atoms with Gasteiger partial charge in [0.25, 0.3) is 0 Å². The summed E-state index contributed by atoms with van der Waals surface area (Å²) < 4.78 is 11.9. The molecule has 0 saturated heterocycles. The van der Waals surface area contributed by atoms with Crippen LogP contribution in [0.5, 0.6) is 11.5 Å². The summed E-state index contributed by atoms with van der Waals surface area (Å²) in [5.41, 5.74) is 0.867. The van der Waals surface area contributed by atoms with Gasteiger partial charge in [-0.05, 0) is 36.8 Å². The summed E-state index contributed by atoms with van der Waals surface area (Å²) in [6, 6.07) is 12.2. The van der Waals surface area contributed by atoms with Crippen LogP contribution in [0.25, 0.3) is 0 Å². The highest BCUT2D eigenvalue weighted by Gasteiger charge is 2.14. The summed E-state index contributed by atoms with van der Waals surface area (Å²) in [6.45, 7) is 2.40. The third kappa shape index (κ3) is 4.46. The van der Waals surface area contributed by atoms with Gasteiger partial charge >= 0.3 is 5.69 Å². The second-order valence-electron chi connectivity index (χ2n) is 4.38. The van der Waals surface area contributed by atoms with Crippen LogP contribution in [0.2, 0.25) is 0 Å². The Morgan fingerprint density at radius 2 is 1.90 bits per heavy atom. The van der Waals surface area contributed by atoms with Crippen molar-refractivity contribution in [1.82, 2.24) is 0 Å². The molecule has 0 aliphatic heterocycles. The van der Waals surface area contributed by atoms with E-state index in [4.69, 9.17) is 9.47 Å². The monoisotopic (exact) mass is 351 g/mol. The van der Waals surface area contributed by atoms with Crippen LogP contribution in [0.15, 0.2) is 46.9 Å². The molecule has 0 radical (unpaired) electrons. The van der Waals surface area contributed by atoms with Gasteiger partial charge in [-0.1, -0.05) is 28.1 Å². The first-order valence-electron chi connectivity index (χ1n) is 6.32. The van der Waals surface area contributed by atoms with Gasteiger partial charge in [0, 0.05) is 10.5 Å². The number of hydrogen-bond acceptors (Lipinski definition) is 4. The van der Waals surface area contributed by atoms with Crippen molar-refractivity contribution in [3.63, 3.8) is 0 Å². The van der Waals surface area contributed by atoms with Crippen LogP contribution >= 0.6 is 15.9 Å². The van der Waals surface area contributed by atoms with Gasteiger partial charge < -0.3 is 9.47 Å². The highest BCUT2D eigenvalue weighted by atomic mass is 79.9. The molecule has 0 fully saturated rings. The molecule has 2 aromatic rings. The summed E-state index contributed by atoms with van der Waals surface area (Å²) in [7, 11) is 0. The highest BCUT2D eigenvalue weighted by Crippen LogP contribution is 2.27. The lowest BCUT2D eigenvalue weighted by Crippen LogP contribution is -2.10. The lowest BCUT2D eigenvalue weighted by Gasteiger charge is -2.09. The summed E-state index contributed by atoms with van der Waals surface area (Å²) in [5.74, 6) is 0.976. The summed E-state index contributed by atoms with van der Waals surface area (Å²) in [6.07, 6.45) is 0. The molecule has 0 aliphatic rings. The lowest BCUT2D eigenvalue weighted by molar-refractivity contribution is -0.385. The van der Waals surface area contributed by atoms with E-state index in [0.29, 0.717) is 12.4 Å². The van der Waals surface area contributed by atoms with Crippen LogP contribution in [-0.2, 0) is 0 Å². The predicted octanol–water partition coefficient (Wildman–Crippen LogP) is 4.12. The first-order chi connectivity index (χ1) is 10.1. The van der Waals surface area contributed by atoms with E-state index in [1.165, 1.54) is 6.07 Å². The molecule has 6 heteroatoms. The first kappa shape index (κ1) is 15.3. The zero-order chi connectivity index (χ0) is 15.2. The Bertz CT molecular complexity index is 645. The Morgan fingerprint density at radius 3 is 2.62 bits per heavy atom. The van der Waals surface area contributed by atoms with Gasteiger partial charge in [-0.15, -0.1) is 0 Å². The van der Waals surface area contributed by atoms with Crippen LogP contribution in [0, 0.1) is 17.0 Å². The van der Waals surface area contributed by atoms with Crippen LogP contribution in [-0.4, -0.2) is 18.1 Å². The van der Waals surface area contributed by atoms with Crippen molar-refractivity contribution >= 4 is 21.6 Å². The molecule has 0 aliphatic carbocycles. The van der Waals surface area contributed by atoms with E-state index in [-0.39, 0.29) is 18.0 Å². The number of nitro groups is 1. The van der Waals surface area contributed by atoms with E-state index >= 15 is 0 Å². The molecule has 0 saturated carbocycles. The van der Waals surface area contributed by atoms with Gasteiger partial charge in [-0.3, -0.25) is 10.1 Å². The maximum Gasteiger partial charge on any atom is 0.310 e.